The van der Waals surface area contributed by atoms with Gasteiger partial charge >= 0.3 is 0 Å². The van der Waals surface area contributed by atoms with Crippen molar-refractivity contribution in [3.63, 3.8) is 0 Å². The molecule has 1 aromatic heterocycles. The standard InChI is InChI=1S/C14H14FNO2/c15-11-2-1-10-7-13(17)14(16-12(10)8-11)9-3-5-18-6-4-9/h1-2,7-9,17H,3-6H2. The summed E-state index contributed by atoms with van der Waals surface area (Å²) >= 11 is 0. The van der Waals surface area contributed by atoms with Crippen LogP contribution in [0.25, 0.3) is 10.9 Å². The average molecular weight is 247 g/mol. The molecule has 18 heavy (non-hydrogen) atoms. The van der Waals surface area contributed by atoms with Gasteiger partial charge in [0.25, 0.3) is 0 Å². The van der Waals surface area contributed by atoms with E-state index in [1.807, 2.05) is 0 Å². The van der Waals surface area contributed by atoms with Crippen LogP contribution < -0.4 is 0 Å². The van der Waals surface area contributed by atoms with E-state index < -0.39 is 0 Å². The third-order valence-electron chi connectivity index (χ3n) is 3.40. The molecular weight excluding hydrogens is 233 g/mol. The van der Waals surface area contributed by atoms with E-state index in [1.165, 1.54) is 12.1 Å². The van der Waals surface area contributed by atoms with E-state index in [0.717, 1.165) is 18.2 Å². The van der Waals surface area contributed by atoms with Crippen molar-refractivity contribution in [1.29, 1.82) is 0 Å². The van der Waals surface area contributed by atoms with E-state index in [0.29, 0.717) is 24.4 Å². The van der Waals surface area contributed by atoms with E-state index in [2.05, 4.69) is 4.98 Å². The summed E-state index contributed by atoms with van der Waals surface area (Å²) in [5.74, 6) is 0.0889. The molecule has 0 atom stereocenters. The molecule has 0 unspecified atom stereocenters. The third-order valence-corrected chi connectivity index (χ3v) is 3.40. The van der Waals surface area contributed by atoms with Gasteiger partial charge in [0.15, 0.2) is 0 Å². The van der Waals surface area contributed by atoms with Crippen molar-refractivity contribution >= 4 is 10.9 Å². The molecule has 1 aliphatic heterocycles. The minimum Gasteiger partial charge on any atom is -0.506 e. The monoisotopic (exact) mass is 247 g/mol. The summed E-state index contributed by atoms with van der Waals surface area (Å²) in [7, 11) is 0. The molecule has 1 aliphatic rings. The van der Waals surface area contributed by atoms with Crippen LogP contribution in [0.2, 0.25) is 0 Å². The quantitative estimate of drug-likeness (QED) is 0.842. The number of ether oxygens (including phenoxy) is 1. The summed E-state index contributed by atoms with van der Waals surface area (Å²) < 4.78 is 18.5. The van der Waals surface area contributed by atoms with Gasteiger partial charge < -0.3 is 9.84 Å². The summed E-state index contributed by atoms with van der Waals surface area (Å²) in [5, 5.41) is 10.8. The van der Waals surface area contributed by atoms with E-state index in [1.54, 1.807) is 12.1 Å². The highest BCUT2D eigenvalue weighted by Crippen LogP contribution is 2.33. The van der Waals surface area contributed by atoms with E-state index in [4.69, 9.17) is 4.74 Å². The van der Waals surface area contributed by atoms with Gasteiger partial charge in [0.05, 0.1) is 11.2 Å². The lowest BCUT2D eigenvalue weighted by molar-refractivity contribution is 0.0840. The van der Waals surface area contributed by atoms with Crippen molar-refractivity contribution in [2.24, 2.45) is 0 Å². The molecule has 4 heteroatoms. The van der Waals surface area contributed by atoms with Gasteiger partial charge in [-0.05, 0) is 31.0 Å². The second-order valence-electron chi connectivity index (χ2n) is 4.62. The fraction of sp³-hybridized carbons (Fsp3) is 0.357. The van der Waals surface area contributed by atoms with E-state index >= 15 is 0 Å². The van der Waals surface area contributed by atoms with E-state index in [-0.39, 0.29) is 17.5 Å². The maximum atomic E-state index is 13.2. The Labute approximate surface area is 104 Å². The molecule has 3 nitrogen and oxygen atoms in total. The Morgan fingerprint density at radius 2 is 2.00 bits per heavy atom. The number of pyridine rings is 1. The zero-order chi connectivity index (χ0) is 12.5. The summed E-state index contributed by atoms with van der Waals surface area (Å²) in [6.07, 6.45) is 1.70. The molecule has 2 aromatic rings. The van der Waals surface area contributed by atoms with Crippen LogP contribution in [0.3, 0.4) is 0 Å². The van der Waals surface area contributed by atoms with Crippen LogP contribution >= 0.6 is 0 Å². The highest BCUT2D eigenvalue weighted by molar-refractivity contribution is 5.80. The number of halogens is 1. The van der Waals surface area contributed by atoms with Gasteiger partial charge in [0.2, 0.25) is 0 Å². The number of benzene rings is 1. The van der Waals surface area contributed by atoms with Crippen molar-refractivity contribution in [3.05, 3.63) is 35.8 Å². The molecule has 0 bridgehead atoms. The summed E-state index contributed by atoms with van der Waals surface area (Å²) in [6, 6.07) is 6.06. The molecule has 94 valence electrons. The molecule has 0 amide bonds. The Morgan fingerprint density at radius 3 is 2.78 bits per heavy atom. The van der Waals surface area contributed by atoms with Crippen LogP contribution in [-0.2, 0) is 4.74 Å². The van der Waals surface area contributed by atoms with Crippen LogP contribution in [0.5, 0.6) is 5.75 Å². The Kier molecular flexibility index (Phi) is 2.88. The number of aromatic nitrogens is 1. The fourth-order valence-electron chi connectivity index (χ4n) is 2.42. The molecular formula is C14H14FNO2. The van der Waals surface area contributed by atoms with Crippen LogP contribution in [0.4, 0.5) is 4.39 Å². The van der Waals surface area contributed by atoms with Gasteiger partial charge in [-0.25, -0.2) is 9.37 Å². The average Bonchev–Trinajstić information content (AvgIpc) is 2.39. The molecule has 1 aromatic carbocycles. The van der Waals surface area contributed by atoms with Crippen LogP contribution in [0.1, 0.15) is 24.5 Å². The first kappa shape index (κ1) is 11.4. The SMILES string of the molecule is Oc1cc2ccc(F)cc2nc1C1CCOCC1. The number of hydrogen-bond acceptors (Lipinski definition) is 3. The zero-order valence-electron chi connectivity index (χ0n) is 9.90. The molecule has 1 N–H and O–H groups in total. The van der Waals surface area contributed by atoms with Crippen LogP contribution in [-0.4, -0.2) is 23.3 Å². The summed E-state index contributed by atoms with van der Waals surface area (Å²) in [4.78, 5) is 4.41. The zero-order valence-corrected chi connectivity index (χ0v) is 9.90. The Balaban J connectivity index is 2.07. The van der Waals surface area contributed by atoms with Gasteiger partial charge in [-0.15, -0.1) is 0 Å². The lowest BCUT2D eigenvalue weighted by atomic mass is 9.95. The predicted molar refractivity (Wildman–Crippen MR) is 66.2 cm³/mol. The predicted octanol–water partition coefficient (Wildman–Crippen LogP) is 2.97. The Hall–Kier alpha value is -1.68. The molecule has 1 fully saturated rings. The van der Waals surface area contributed by atoms with E-state index in [9.17, 15) is 9.50 Å². The highest BCUT2D eigenvalue weighted by Gasteiger charge is 2.21. The minimum atomic E-state index is -0.307. The van der Waals surface area contributed by atoms with Gasteiger partial charge in [-0.2, -0.15) is 0 Å². The second kappa shape index (κ2) is 4.53. The number of aromatic hydroxyl groups is 1. The maximum absolute atomic E-state index is 13.2. The molecule has 1 saturated heterocycles. The molecule has 0 aliphatic carbocycles. The van der Waals surface area contributed by atoms with Crippen molar-refractivity contribution in [3.8, 4) is 5.75 Å². The first-order valence-corrected chi connectivity index (χ1v) is 6.11. The first-order valence-electron chi connectivity index (χ1n) is 6.11. The van der Waals surface area contributed by atoms with Gasteiger partial charge in [0, 0.05) is 30.6 Å². The number of hydrogen-bond donors (Lipinski definition) is 1. The third kappa shape index (κ3) is 2.04. The van der Waals surface area contributed by atoms with Crippen LogP contribution in [0.15, 0.2) is 24.3 Å². The summed E-state index contributed by atoms with van der Waals surface area (Å²) in [5.41, 5.74) is 1.26. The summed E-state index contributed by atoms with van der Waals surface area (Å²) in [6.45, 7) is 1.37. The molecule has 3 rings (SSSR count). The second-order valence-corrected chi connectivity index (χ2v) is 4.62. The van der Waals surface area contributed by atoms with Crippen molar-refractivity contribution in [1.82, 2.24) is 4.98 Å². The maximum Gasteiger partial charge on any atom is 0.138 e. The fourth-order valence-corrected chi connectivity index (χ4v) is 2.42. The normalized spacial score (nSPS) is 17.2. The van der Waals surface area contributed by atoms with Crippen LogP contribution in [0, 0.1) is 5.82 Å². The Morgan fingerprint density at radius 1 is 1.22 bits per heavy atom. The lowest BCUT2D eigenvalue weighted by Crippen LogP contribution is -2.15. The lowest BCUT2D eigenvalue weighted by Gasteiger charge is -2.22. The Bertz CT molecular complexity index is 579. The number of fused-ring (bicyclic) bond motifs is 1. The minimum absolute atomic E-state index is 0.195. The smallest absolute Gasteiger partial charge is 0.138 e. The molecule has 0 spiro atoms. The molecule has 2 heterocycles. The topological polar surface area (TPSA) is 42.4 Å². The molecule has 0 saturated carbocycles. The van der Waals surface area contributed by atoms with Crippen molar-refractivity contribution in [2.45, 2.75) is 18.8 Å². The highest BCUT2D eigenvalue weighted by atomic mass is 19.1. The number of nitrogens with zero attached hydrogens (tertiary/aromatic N) is 1. The van der Waals surface area contributed by atoms with Gasteiger partial charge in [-0.1, -0.05) is 0 Å². The molecule has 0 radical (unpaired) electrons. The van der Waals surface area contributed by atoms with Crippen molar-refractivity contribution in [2.75, 3.05) is 13.2 Å². The largest absolute Gasteiger partial charge is 0.506 e. The van der Waals surface area contributed by atoms with Crippen molar-refractivity contribution < 1.29 is 14.2 Å². The first-order chi connectivity index (χ1) is 8.74. The van der Waals surface area contributed by atoms with Gasteiger partial charge in [-0.3, -0.25) is 0 Å². The number of rotatable bonds is 1. The van der Waals surface area contributed by atoms with Gasteiger partial charge in [0.1, 0.15) is 11.6 Å².